The second kappa shape index (κ2) is 4.34. The van der Waals surface area contributed by atoms with E-state index in [4.69, 9.17) is 10.5 Å². The van der Waals surface area contributed by atoms with Gasteiger partial charge in [0.2, 0.25) is 5.91 Å². The summed E-state index contributed by atoms with van der Waals surface area (Å²) in [5.74, 6) is -0.655. The SMILES string of the molecule is NC(=O)C[CH]c1cnn([C@@H]2CCOC2=O)c1. The van der Waals surface area contributed by atoms with E-state index in [1.54, 1.807) is 23.5 Å². The Morgan fingerprint density at radius 2 is 2.56 bits per heavy atom. The molecule has 1 saturated heterocycles. The third-order valence-corrected chi connectivity index (χ3v) is 2.39. The van der Waals surface area contributed by atoms with Gasteiger partial charge >= 0.3 is 5.97 Å². The van der Waals surface area contributed by atoms with Gasteiger partial charge in [-0.15, -0.1) is 0 Å². The van der Waals surface area contributed by atoms with E-state index in [1.165, 1.54) is 0 Å². The zero-order valence-corrected chi connectivity index (χ0v) is 8.63. The van der Waals surface area contributed by atoms with Crippen LogP contribution in [0.4, 0.5) is 0 Å². The lowest BCUT2D eigenvalue weighted by molar-refractivity contribution is -0.140. The van der Waals surface area contributed by atoms with Gasteiger partial charge in [-0.25, -0.2) is 4.79 Å². The molecule has 2 heterocycles. The van der Waals surface area contributed by atoms with Gasteiger partial charge in [0, 0.05) is 25.5 Å². The van der Waals surface area contributed by atoms with E-state index < -0.39 is 5.91 Å². The number of aromatic nitrogens is 2. The maximum absolute atomic E-state index is 11.3. The summed E-state index contributed by atoms with van der Waals surface area (Å²) in [6.07, 6.45) is 5.78. The van der Waals surface area contributed by atoms with E-state index in [0.29, 0.717) is 13.0 Å². The summed E-state index contributed by atoms with van der Waals surface area (Å²) in [7, 11) is 0. The monoisotopic (exact) mass is 222 g/mol. The zero-order chi connectivity index (χ0) is 11.5. The molecule has 0 spiro atoms. The average Bonchev–Trinajstić information content (AvgIpc) is 2.83. The first kappa shape index (κ1) is 10.7. The Kier molecular flexibility index (Phi) is 2.89. The Hall–Kier alpha value is -1.85. The molecule has 2 N–H and O–H groups in total. The highest BCUT2D eigenvalue weighted by molar-refractivity contribution is 5.76. The van der Waals surface area contributed by atoms with E-state index in [9.17, 15) is 9.59 Å². The molecular weight excluding hydrogens is 210 g/mol. The van der Waals surface area contributed by atoms with Crippen molar-refractivity contribution in [2.45, 2.75) is 18.9 Å². The van der Waals surface area contributed by atoms with Crippen LogP contribution in [0, 0.1) is 6.42 Å². The predicted octanol–water partition coefficient (Wildman–Crippen LogP) is -0.201. The first-order chi connectivity index (χ1) is 7.66. The van der Waals surface area contributed by atoms with Gasteiger partial charge in [0.25, 0.3) is 0 Å². The van der Waals surface area contributed by atoms with Crippen LogP contribution in [0.1, 0.15) is 24.4 Å². The van der Waals surface area contributed by atoms with Crippen molar-refractivity contribution < 1.29 is 14.3 Å². The molecule has 85 valence electrons. The van der Waals surface area contributed by atoms with Gasteiger partial charge in [0.15, 0.2) is 6.04 Å². The number of esters is 1. The van der Waals surface area contributed by atoms with Crippen molar-refractivity contribution in [3.8, 4) is 0 Å². The van der Waals surface area contributed by atoms with Crippen molar-refractivity contribution in [3.05, 3.63) is 24.4 Å². The number of hydrogen-bond donors (Lipinski definition) is 1. The van der Waals surface area contributed by atoms with E-state index in [-0.39, 0.29) is 18.4 Å². The second-order valence-electron chi connectivity index (χ2n) is 3.60. The van der Waals surface area contributed by atoms with Crippen LogP contribution in [0.15, 0.2) is 12.4 Å². The van der Waals surface area contributed by atoms with Crippen LogP contribution in [-0.2, 0) is 14.3 Å². The van der Waals surface area contributed by atoms with Gasteiger partial charge < -0.3 is 10.5 Å². The van der Waals surface area contributed by atoms with Crippen molar-refractivity contribution in [2.24, 2.45) is 5.73 Å². The number of carbonyl (C=O) groups is 2. The lowest BCUT2D eigenvalue weighted by Gasteiger charge is -2.04. The van der Waals surface area contributed by atoms with Crippen LogP contribution < -0.4 is 5.73 Å². The Morgan fingerprint density at radius 1 is 1.75 bits per heavy atom. The predicted molar refractivity (Wildman–Crippen MR) is 54.1 cm³/mol. The fourth-order valence-corrected chi connectivity index (χ4v) is 1.57. The molecule has 6 nitrogen and oxygen atoms in total. The molecule has 0 aromatic carbocycles. The van der Waals surface area contributed by atoms with E-state index in [0.717, 1.165) is 5.56 Å². The van der Waals surface area contributed by atoms with Gasteiger partial charge in [-0.3, -0.25) is 9.48 Å². The Morgan fingerprint density at radius 3 is 3.19 bits per heavy atom. The first-order valence-corrected chi connectivity index (χ1v) is 4.99. The summed E-state index contributed by atoms with van der Waals surface area (Å²) >= 11 is 0. The second-order valence-corrected chi connectivity index (χ2v) is 3.60. The number of carbonyl (C=O) groups excluding carboxylic acids is 2. The van der Waals surface area contributed by atoms with Crippen molar-refractivity contribution in [1.29, 1.82) is 0 Å². The highest BCUT2D eigenvalue weighted by Crippen LogP contribution is 2.20. The van der Waals surface area contributed by atoms with E-state index >= 15 is 0 Å². The summed E-state index contributed by atoms with van der Waals surface area (Å²) in [6.45, 7) is 0.434. The van der Waals surface area contributed by atoms with Crippen molar-refractivity contribution in [3.63, 3.8) is 0 Å². The van der Waals surface area contributed by atoms with E-state index in [1.807, 2.05) is 0 Å². The summed E-state index contributed by atoms with van der Waals surface area (Å²) in [5.41, 5.74) is 5.80. The lowest BCUT2D eigenvalue weighted by Crippen LogP contribution is -2.14. The van der Waals surface area contributed by atoms with Crippen LogP contribution in [0.5, 0.6) is 0 Å². The molecule has 0 aliphatic carbocycles. The quantitative estimate of drug-likeness (QED) is 0.714. The van der Waals surface area contributed by atoms with E-state index in [2.05, 4.69) is 5.10 Å². The molecule has 1 aromatic heterocycles. The molecule has 16 heavy (non-hydrogen) atoms. The molecule has 2 rings (SSSR count). The van der Waals surface area contributed by atoms with Crippen LogP contribution in [0.3, 0.4) is 0 Å². The number of amides is 1. The minimum atomic E-state index is -0.395. The topological polar surface area (TPSA) is 87.2 Å². The summed E-state index contributed by atoms with van der Waals surface area (Å²) in [5, 5.41) is 4.06. The third-order valence-electron chi connectivity index (χ3n) is 2.39. The largest absolute Gasteiger partial charge is 0.464 e. The highest BCUT2D eigenvalue weighted by atomic mass is 16.5. The smallest absolute Gasteiger partial charge is 0.331 e. The fraction of sp³-hybridized carbons (Fsp3) is 0.400. The summed E-state index contributed by atoms with van der Waals surface area (Å²) < 4.78 is 6.40. The number of rotatable bonds is 4. The van der Waals surface area contributed by atoms with Gasteiger partial charge in [-0.1, -0.05) is 0 Å². The van der Waals surface area contributed by atoms with Crippen LogP contribution in [0.25, 0.3) is 0 Å². The maximum Gasteiger partial charge on any atom is 0.331 e. The molecule has 1 fully saturated rings. The van der Waals surface area contributed by atoms with Crippen molar-refractivity contribution in [2.75, 3.05) is 6.61 Å². The molecule has 1 aliphatic rings. The third kappa shape index (κ3) is 2.21. The van der Waals surface area contributed by atoms with Crippen molar-refractivity contribution >= 4 is 11.9 Å². The van der Waals surface area contributed by atoms with Gasteiger partial charge in [0.1, 0.15) is 0 Å². The minimum Gasteiger partial charge on any atom is -0.464 e. The van der Waals surface area contributed by atoms with Crippen molar-refractivity contribution in [1.82, 2.24) is 9.78 Å². The zero-order valence-electron chi connectivity index (χ0n) is 8.63. The molecule has 6 heteroatoms. The normalized spacial score (nSPS) is 19.8. The molecule has 1 amide bonds. The number of cyclic esters (lactones) is 1. The molecule has 0 unspecified atom stereocenters. The summed E-state index contributed by atoms with van der Waals surface area (Å²) in [4.78, 5) is 21.9. The molecular formula is C10H12N3O3. The first-order valence-electron chi connectivity index (χ1n) is 4.99. The minimum absolute atomic E-state index is 0.167. The lowest BCUT2D eigenvalue weighted by atomic mass is 10.2. The fourth-order valence-electron chi connectivity index (χ4n) is 1.57. The average molecular weight is 222 g/mol. The van der Waals surface area contributed by atoms with Gasteiger partial charge in [0.05, 0.1) is 12.8 Å². The Labute approximate surface area is 92.4 Å². The van der Waals surface area contributed by atoms with Crippen LogP contribution in [-0.4, -0.2) is 28.3 Å². The Balaban J connectivity index is 2.01. The Bertz CT molecular complexity index is 413. The molecule has 0 bridgehead atoms. The molecule has 1 radical (unpaired) electrons. The van der Waals surface area contributed by atoms with Gasteiger partial charge in [-0.2, -0.15) is 5.10 Å². The van der Waals surface area contributed by atoms with Crippen LogP contribution >= 0.6 is 0 Å². The number of hydrogen-bond acceptors (Lipinski definition) is 4. The number of ether oxygens (including phenoxy) is 1. The molecule has 1 aliphatic heterocycles. The molecule has 0 saturated carbocycles. The van der Waals surface area contributed by atoms with Gasteiger partial charge in [-0.05, 0) is 5.56 Å². The maximum atomic E-state index is 11.3. The molecule has 1 aromatic rings. The number of primary amides is 1. The molecule has 1 atom stereocenters. The number of nitrogens with zero attached hydrogens (tertiary/aromatic N) is 2. The standard InChI is InChI=1S/C10H12N3O3/c11-9(14)2-1-7-5-12-13(6-7)8-3-4-16-10(8)15/h1,5-6,8H,2-4H2,(H2,11,14)/t8-/m1/s1. The number of nitrogens with two attached hydrogens (primary N) is 1. The highest BCUT2D eigenvalue weighted by Gasteiger charge is 2.28. The summed E-state index contributed by atoms with van der Waals surface area (Å²) in [6, 6.07) is -0.337. The van der Waals surface area contributed by atoms with Crippen LogP contribution in [0.2, 0.25) is 0 Å².